The van der Waals surface area contributed by atoms with Crippen molar-refractivity contribution in [3.05, 3.63) is 30.3 Å². The van der Waals surface area contributed by atoms with Gasteiger partial charge in [0.2, 0.25) is 0 Å². The molecule has 13 heavy (non-hydrogen) atoms. The fourth-order valence-corrected chi connectivity index (χ4v) is 1.60. The first-order valence-electron chi connectivity index (χ1n) is 4.76. The van der Waals surface area contributed by atoms with Gasteiger partial charge in [-0.25, -0.2) is 0 Å². The molecule has 0 aliphatic heterocycles. The number of para-hydroxylation sites is 1. The molecule has 0 atom stereocenters. The summed E-state index contributed by atoms with van der Waals surface area (Å²) in [6.07, 6.45) is 2.63. The van der Waals surface area contributed by atoms with Gasteiger partial charge in [0.1, 0.15) is 5.82 Å². The molecule has 1 aromatic heterocycles. The molecule has 0 bridgehead atoms. The molecule has 1 aromatic carbocycles. The highest BCUT2D eigenvalue weighted by Crippen LogP contribution is 2.26. The largest absolute Gasteiger partial charge is 0.369 e. The quantitative estimate of drug-likeness (QED) is 0.716. The smallest absolute Gasteiger partial charge is 0.104 e. The molecule has 0 unspecified atom stereocenters. The Hall–Kier alpha value is -1.44. The third kappa shape index (κ3) is 1.28. The molecule has 66 valence electrons. The van der Waals surface area contributed by atoms with E-state index in [1.54, 1.807) is 0 Å². The van der Waals surface area contributed by atoms with Gasteiger partial charge in [0.05, 0.1) is 0 Å². The van der Waals surface area contributed by atoms with Crippen molar-refractivity contribution in [2.45, 2.75) is 18.9 Å². The minimum atomic E-state index is 0.716. The SMILES string of the molecule is c1ccc2[nH]c(NC3CC3)cc2c1. The van der Waals surface area contributed by atoms with E-state index in [-0.39, 0.29) is 0 Å². The Labute approximate surface area is 77.0 Å². The zero-order valence-electron chi connectivity index (χ0n) is 7.38. The number of hydrogen-bond acceptors (Lipinski definition) is 1. The van der Waals surface area contributed by atoms with Crippen LogP contribution in [-0.2, 0) is 0 Å². The van der Waals surface area contributed by atoms with Crippen LogP contribution < -0.4 is 5.32 Å². The van der Waals surface area contributed by atoms with Crippen LogP contribution in [0.3, 0.4) is 0 Å². The summed E-state index contributed by atoms with van der Waals surface area (Å²) < 4.78 is 0. The zero-order valence-corrected chi connectivity index (χ0v) is 7.38. The maximum atomic E-state index is 3.45. The van der Waals surface area contributed by atoms with E-state index in [1.807, 2.05) is 0 Å². The zero-order chi connectivity index (χ0) is 8.67. The number of benzene rings is 1. The Morgan fingerprint density at radius 1 is 1.23 bits per heavy atom. The second-order valence-electron chi connectivity index (χ2n) is 3.69. The molecule has 0 amide bonds. The molecule has 0 saturated heterocycles. The van der Waals surface area contributed by atoms with E-state index in [0.717, 1.165) is 5.82 Å². The van der Waals surface area contributed by atoms with Crippen LogP contribution >= 0.6 is 0 Å². The number of nitrogens with one attached hydrogen (secondary N) is 2. The summed E-state index contributed by atoms with van der Waals surface area (Å²) in [5.41, 5.74) is 1.21. The molecule has 2 N–H and O–H groups in total. The number of aromatic amines is 1. The van der Waals surface area contributed by atoms with Crippen molar-refractivity contribution in [3.63, 3.8) is 0 Å². The monoisotopic (exact) mass is 172 g/mol. The molecule has 2 heteroatoms. The van der Waals surface area contributed by atoms with Crippen molar-refractivity contribution in [1.29, 1.82) is 0 Å². The molecule has 0 spiro atoms. The van der Waals surface area contributed by atoms with E-state index in [0.29, 0.717) is 6.04 Å². The third-order valence-electron chi connectivity index (χ3n) is 2.47. The predicted octanol–water partition coefficient (Wildman–Crippen LogP) is 2.74. The van der Waals surface area contributed by atoms with Crippen LogP contribution in [0.25, 0.3) is 10.9 Å². The molecule has 2 nitrogen and oxygen atoms in total. The molecule has 1 fully saturated rings. The van der Waals surface area contributed by atoms with E-state index in [9.17, 15) is 0 Å². The van der Waals surface area contributed by atoms with Crippen LogP contribution in [0.15, 0.2) is 30.3 Å². The number of hydrogen-bond donors (Lipinski definition) is 2. The summed E-state index contributed by atoms with van der Waals surface area (Å²) in [4.78, 5) is 3.36. The van der Waals surface area contributed by atoms with Crippen LogP contribution in [0, 0.1) is 0 Å². The fraction of sp³-hybridized carbons (Fsp3) is 0.273. The minimum absolute atomic E-state index is 0.716. The molecule has 1 saturated carbocycles. The first kappa shape index (κ1) is 7.01. The van der Waals surface area contributed by atoms with Crippen LogP contribution in [0.4, 0.5) is 5.82 Å². The van der Waals surface area contributed by atoms with E-state index in [1.165, 1.54) is 23.7 Å². The average molecular weight is 172 g/mol. The highest BCUT2D eigenvalue weighted by Gasteiger charge is 2.21. The summed E-state index contributed by atoms with van der Waals surface area (Å²) >= 11 is 0. The molecule has 1 aliphatic rings. The lowest BCUT2D eigenvalue weighted by atomic mass is 10.2. The molecular formula is C11H12N2. The second-order valence-corrected chi connectivity index (χ2v) is 3.69. The first-order valence-corrected chi connectivity index (χ1v) is 4.76. The van der Waals surface area contributed by atoms with Gasteiger partial charge in [-0.05, 0) is 25.0 Å². The topological polar surface area (TPSA) is 27.8 Å². The number of anilines is 1. The Morgan fingerprint density at radius 2 is 2.08 bits per heavy atom. The number of aromatic nitrogens is 1. The maximum absolute atomic E-state index is 3.45. The lowest BCUT2D eigenvalue weighted by molar-refractivity contribution is 1.13. The number of rotatable bonds is 2. The predicted molar refractivity (Wildman–Crippen MR) is 54.9 cm³/mol. The van der Waals surface area contributed by atoms with E-state index >= 15 is 0 Å². The van der Waals surface area contributed by atoms with Crippen molar-refractivity contribution in [3.8, 4) is 0 Å². The van der Waals surface area contributed by atoms with Gasteiger partial charge >= 0.3 is 0 Å². The highest BCUT2D eigenvalue weighted by molar-refractivity contribution is 5.83. The summed E-state index contributed by atoms with van der Waals surface area (Å²) in [5, 5.41) is 4.73. The highest BCUT2D eigenvalue weighted by atomic mass is 15.0. The Kier molecular flexibility index (Phi) is 1.36. The lowest BCUT2D eigenvalue weighted by Gasteiger charge is -1.97. The minimum Gasteiger partial charge on any atom is -0.369 e. The fourth-order valence-electron chi connectivity index (χ4n) is 1.60. The normalized spacial score (nSPS) is 16.3. The molecule has 2 aromatic rings. The molecule has 3 rings (SSSR count). The maximum Gasteiger partial charge on any atom is 0.104 e. The summed E-state index contributed by atoms with van der Waals surface area (Å²) in [6, 6.07) is 11.2. The van der Waals surface area contributed by atoms with Crippen LogP contribution in [0.5, 0.6) is 0 Å². The van der Waals surface area contributed by atoms with E-state index in [2.05, 4.69) is 40.6 Å². The Morgan fingerprint density at radius 3 is 2.85 bits per heavy atom. The van der Waals surface area contributed by atoms with Gasteiger partial charge in [-0.1, -0.05) is 18.2 Å². The third-order valence-corrected chi connectivity index (χ3v) is 2.47. The Balaban J connectivity index is 2.00. The summed E-state index contributed by atoms with van der Waals surface area (Å²) in [5.74, 6) is 1.16. The van der Waals surface area contributed by atoms with Gasteiger partial charge in [-0.3, -0.25) is 0 Å². The van der Waals surface area contributed by atoms with Crippen molar-refractivity contribution < 1.29 is 0 Å². The molecular weight excluding hydrogens is 160 g/mol. The van der Waals surface area contributed by atoms with E-state index < -0.39 is 0 Å². The number of H-pyrrole nitrogens is 1. The van der Waals surface area contributed by atoms with Crippen molar-refractivity contribution in [1.82, 2.24) is 4.98 Å². The Bertz CT molecular complexity index is 393. The van der Waals surface area contributed by atoms with Crippen LogP contribution in [0.2, 0.25) is 0 Å². The molecule has 1 heterocycles. The van der Waals surface area contributed by atoms with Gasteiger partial charge in [0.15, 0.2) is 0 Å². The van der Waals surface area contributed by atoms with Crippen molar-refractivity contribution in [2.75, 3.05) is 5.32 Å². The van der Waals surface area contributed by atoms with Gasteiger partial charge in [0.25, 0.3) is 0 Å². The van der Waals surface area contributed by atoms with E-state index in [4.69, 9.17) is 0 Å². The first-order chi connectivity index (χ1) is 6.42. The lowest BCUT2D eigenvalue weighted by Crippen LogP contribution is -1.99. The average Bonchev–Trinajstić information content (AvgIpc) is 2.85. The van der Waals surface area contributed by atoms with Crippen LogP contribution in [-0.4, -0.2) is 11.0 Å². The molecule has 0 radical (unpaired) electrons. The van der Waals surface area contributed by atoms with Crippen molar-refractivity contribution in [2.24, 2.45) is 0 Å². The van der Waals surface area contributed by atoms with Gasteiger partial charge in [0, 0.05) is 16.9 Å². The summed E-state index contributed by atoms with van der Waals surface area (Å²) in [7, 11) is 0. The second kappa shape index (κ2) is 2.52. The number of fused-ring (bicyclic) bond motifs is 1. The van der Waals surface area contributed by atoms with Crippen molar-refractivity contribution >= 4 is 16.7 Å². The van der Waals surface area contributed by atoms with Gasteiger partial charge < -0.3 is 10.3 Å². The van der Waals surface area contributed by atoms with Gasteiger partial charge in [-0.2, -0.15) is 0 Å². The van der Waals surface area contributed by atoms with Gasteiger partial charge in [-0.15, -0.1) is 0 Å². The van der Waals surface area contributed by atoms with Crippen LogP contribution in [0.1, 0.15) is 12.8 Å². The molecule has 1 aliphatic carbocycles. The summed E-state index contributed by atoms with van der Waals surface area (Å²) in [6.45, 7) is 0. The standard InChI is InChI=1S/C11H12N2/c1-2-4-10-8(3-1)7-11(13-10)12-9-5-6-9/h1-4,7,9,12-13H,5-6H2.